The lowest BCUT2D eigenvalue weighted by atomic mass is 10.1. The van der Waals surface area contributed by atoms with Crippen molar-refractivity contribution in [3.8, 4) is 5.75 Å². The van der Waals surface area contributed by atoms with Gasteiger partial charge in [0.15, 0.2) is 5.75 Å². The molecule has 1 rings (SSSR count). The van der Waals surface area contributed by atoms with Gasteiger partial charge in [0.25, 0.3) is 0 Å². The van der Waals surface area contributed by atoms with Crippen molar-refractivity contribution in [3.63, 3.8) is 0 Å². The summed E-state index contributed by atoms with van der Waals surface area (Å²) in [6, 6.07) is 3.17. The Balaban J connectivity index is 3.13. The van der Waals surface area contributed by atoms with E-state index in [-0.39, 0.29) is 6.04 Å². The minimum atomic E-state index is -0.254. The van der Waals surface area contributed by atoms with Crippen molar-refractivity contribution < 1.29 is 4.74 Å². The Morgan fingerprint density at radius 1 is 1.36 bits per heavy atom. The van der Waals surface area contributed by atoms with Crippen LogP contribution in [0.3, 0.4) is 0 Å². The van der Waals surface area contributed by atoms with Gasteiger partial charge in [-0.25, -0.2) is 0 Å². The maximum Gasteiger partial charge on any atom is 0.156 e. The average molecular weight is 235 g/mol. The van der Waals surface area contributed by atoms with E-state index in [0.717, 1.165) is 5.56 Å². The summed E-state index contributed by atoms with van der Waals surface area (Å²) >= 11 is 11.9. The van der Waals surface area contributed by atoms with Crippen LogP contribution in [0.25, 0.3) is 0 Å². The number of ether oxygens (including phenoxy) is 1. The third kappa shape index (κ3) is 2.30. The van der Waals surface area contributed by atoms with Gasteiger partial charge in [0, 0.05) is 12.6 Å². The summed E-state index contributed by atoms with van der Waals surface area (Å²) in [5, 5.41) is 0.887. The summed E-state index contributed by atoms with van der Waals surface area (Å²) in [4.78, 5) is 0. The molecule has 0 bridgehead atoms. The van der Waals surface area contributed by atoms with Gasteiger partial charge in [-0.1, -0.05) is 23.2 Å². The van der Waals surface area contributed by atoms with Crippen molar-refractivity contribution >= 4 is 23.2 Å². The zero-order chi connectivity index (χ0) is 10.7. The molecule has 0 saturated heterocycles. The average Bonchev–Trinajstić information content (AvgIpc) is 2.16. The highest BCUT2D eigenvalue weighted by Gasteiger charge is 2.11. The molecule has 3 nitrogen and oxygen atoms in total. The molecule has 0 aliphatic rings. The van der Waals surface area contributed by atoms with Crippen molar-refractivity contribution in [1.29, 1.82) is 0 Å². The highest BCUT2D eigenvalue weighted by atomic mass is 35.5. The van der Waals surface area contributed by atoms with E-state index in [2.05, 4.69) is 0 Å². The van der Waals surface area contributed by atoms with Crippen LogP contribution < -0.4 is 16.2 Å². The molecule has 0 radical (unpaired) electrons. The first-order chi connectivity index (χ1) is 6.60. The van der Waals surface area contributed by atoms with E-state index in [1.807, 2.05) is 0 Å². The number of rotatable bonds is 3. The number of methoxy groups -OCH3 is 1. The van der Waals surface area contributed by atoms with E-state index in [9.17, 15) is 0 Å². The van der Waals surface area contributed by atoms with E-state index in [1.165, 1.54) is 7.11 Å². The number of halogens is 2. The maximum atomic E-state index is 5.93. The predicted molar refractivity (Wildman–Crippen MR) is 59.0 cm³/mol. The molecule has 14 heavy (non-hydrogen) atoms. The van der Waals surface area contributed by atoms with E-state index >= 15 is 0 Å². The Morgan fingerprint density at radius 2 is 1.86 bits per heavy atom. The van der Waals surface area contributed by atoms with E-state index < -0.39 is 0 Å². The maximum absolute atomic E-state index is 5.93. The number of benzene rings is 1. The molecule has 0 saturated carbocycles. The van der Waals surface area contributed by atoms with Crippen LogP contribution in [0.15, 0.2) is 12.1 Å². The second-order valence-electron chi connectivity index (χ2n) is 2.86. The molecular formula is C9H12Cl2N2O. The summed E-state index contributed by atoms with van der Waals surface area (Å²) in [5.41, 5.74) is 12.0. The molecule has 0 heterocycles. The molecule has 5 heteroatoms. The first-order valence-corrected chi connectivity index (χ1v) is 4.84. The van der Waals surface area contributed by atoms with Gasteiger partial charge >= 0.3 is 0 Å². The van der Waals surface area contributed by atoms with Gasteiger partial charge in [-0.3, -0.25) is 0 Å². The lowest BCUT2D eigenvalue weighted by Gasteiger charge is -2.12. The lowest BCUT2D eigenvalue weighted by molar-refractivity contribution is 0.415. The van der Waals surface area contributed by atoms with Gasteiger partial charge in [0.05, 0.1) is 17.2 Å². The minimum absolute atomic E-state index is 0.254. The first kappa shape index (κ1) is 11.6. The van der Waals surface area contributed by atoms with Gasteiger partial charge in [-0.2, -0.15) is 0 Å². The van der Waals surface area contributed by atoms with Gasteiger partial charge in [-0.15, -0.1) is 0 Å². The number of hydrogen-bond acceptors (Lipinski definition) is 3. The largest absolute Gasteiger partial charge is 0.494 e. The van der Waals surface area contributed by atoms with Crippen LogP contribution in [0, 0.1) is 0 Å². The van der Waals surface area contributed by atoms with Gasteiger partial charge < -0.3 is 16.2 Å². The van der Waals surface area contributed by atoms with Gasteiger partial charge in [0.1, 0.15) is 0 Å². The Hall–Kier alpha value is -0.480. The van der Waals surface area contributed by atoms with Crippen molar-refractivity contribution in [2.45, 2.75) is 6.04 Å². The number of nitrogens with two attached hydrogens (primary N) is 2. The van der Waals surface area contributed by atoms with Crippen molar-refractivity contribution in [1.82, 2.24) is 0 Å². The molecule has 0 spiro atoms. The summed E-state index contributed by atoms with van der Waals surface area (Å²) in [6.07, 6.45) is 0. The Bertz CT molecular complexity index is 308. The quantitative estimate of drug-likeness (QED) is 0.841. The molecule has 1 aromatic carbocycles. The molecule has 0 amide bonds. The van der Waals surface area contributed by atoms with E-state index in [1.54, 1.807) is 12.1 Å². The van der Waals surface area contributed by atoms with Crippen LogP contribution >= 0.6 is 23.2 Å². The van der Waals surface area contributed by atoms with Crippen molar-refractivity contribution in [3.05, 3.63) is 27.7 Å². The number of hydrogen-bond donors (Lipinski definition) is 2. The van der Waals surface area contributed by atoms with Crippen molar-refractivity contribution in [2.24, 2.45) is 11.5 Å². The predicted octanol–water partition coefficient (Wildman–Crippen LogP) is 1.96. The smallest absolute Gasteiger partial charge is 0.156 e. The molecule has 0 aliphatic heterocycles. The molecule has 0 unspecified atom stereocenters. The summed E-state index contributed by atoms with van der Waals surface area (Å²) in [6.45, 7) is 0.346. The Morgan fingerprint density at radius 3 is 2.21 bits per heavy atom. The minimum Gasteiger partial charge on any atom is -0.494 e. The fourth-order valence-corrected chi connectivity index (χ4v) is 1.78. The third-order valence-electron chi connectivity index (χ3n) is 1.91. The molecule has 4 N–H and O–H groups in total. The zero-order valence-corrected chi connectivity index (χ0v) is 9.27. The van der Waals surface area contributed by atoms with Crippen LogP contribution in [0.1, 0.15) is 11.6 Å². The summed E-state index contributed by atoms with van der Waals surface area (Å²) in [7, 11) is 1.51. The first-order valence-electron chi connectivity index (χ1n) is 4.08. The molecule has 1 atom stereocenters. The summed E-state index contributed by atoms with van der Waals surface area (Å²) in [5.74, 6) is 0.460. The van der Waals surface area contributed by atoms with Gasteiger partial charge in [-0.05, 0) is 17.7 Å². The normalized spacial score (nSPS) is 12.6. The molecule has 0 aromatic heterocycles. The molecule has 0 aliphatic carbocycles. The van der Waals surface area contributed by atoms with Crippen LogP contribution in [-0.4, -0.2) is 13.7 Å². The molecule has 78 valence electrons. The lowest BCUT2D eigenvalue weighted by Crippen LogP contribution is -2.20. The van der Waals surface area contributed by atoms with E-state index in [0.29, 0.717) is 22.3 Å². The van der Waals surface area contributed by atoms with Crippen LogP contribution in [0.2, 0.25) is 10.0 Å². The molecule has 0 fully saturated rings. The topological polar surface area (TPSA) is 61.3 Å². The third-order valence-corrected chi connectivity index (χ3v) is 2.47. The monoisotopic (exact) mass is 234 g/mol. The second kappa shape index (κ2) is 4.84. The van der Waals surface area contributed by atoms with Crippen LogP contribution in [0.4, 0.5) is 0 Å². The van der Waals surface area contributed by atoms with Crippen LogP contribution in [-0.2, 0) is 0 Å². The fraction of sp³-hybridized carbons (Fsp3) is 0.333. The Kier molecular flexibility index (Phi) is 4.01. The van der Waals surface area contributed by atoms with Crippen molar-refractivity contribution in [2.75, 3.05) is 13.7 Å². The molecule has 1 aromatic rings. The van der Waals surface area contributed by atoms with Gasteiger partial charge in [0.2, 0.25) is 0 Å². The fourth-order valence-electron chi connectivity index (χ4n) is 1.12. The summed E-state index contributed by atoms with van der Waals surface area (Å²) < 4.78 is 5.01. The zero-order valence-electron chi connectivity index (χ0n) is 7.76. The highest BCUT2D eigenvalue weighted by Crippen LogP contribution is 2.34. The van der Waals surface area contributed by atoms with Crippen LogP contribution in [0.5, 0.6) is 5.75 Å². The standard InChI is InChI=1S/C9H12Cl2N2O/c1-14-9-6(10)2-5(3-7(9)11)8(13)4-12/h2-3,8H,4,12-13H2,1H3/t8-/m0/s1. The SMILES string of the molecule is COc1c(Cl)cc([C@@H](N)CN)cc1Cl. The second-order valence-corrected chi connectivity index (χ2v) is 3.67. The molecular weight excluding hydrogens is 223 g/mol. The Labute approximate surface area is 92.9 Å². The van der Waals surface area contributed by atoms with E-state index in [4.69, 9.17) is 39.4 Å². The highest BCUT2D eigenvalue weighted by molar-refractivity contribution is 6.37.